The lowest BCUT2D eigenvalue weighted by Crippen LogP contribution is -1.87. The maximum absolute atomic E-state index is 3.53. The van der Waals surface area contributed by atoms with Gasteiger partial charge in [0.1, 0.15) is 0 Å². The van der Waals surface area contributed by atoms with Gasteiger partial charge in [-0.05, 0) is 63.7 Å². The second kappa shape index (κ2) is 7.61. The van der Waals surface area contributed by atoms with Crippen molar-refractivity contribution in [2.24, 2.45) is 0 Å². The Morgan fingerprint density at radius 2 is 0.885 bits per heavy atom. The van der Waals surface area contributed by atoms with E-state index in [2.05, 4.69) is 129 Å². The van der Waals surface area contributed by atoms with E-state index in [1.165, 1.54) is 33.4 Å². The van der Waals surface area contributed by atoms with Gasteiger partial charge in [0, 0.05) is 8.95 Å². The van der Waals surface area contributed by atoms with Crippen molar-refractivity contribution in [1.29, 1.82) is 0 Å². The van der Waals surface area contributed by atoms with Crippen molar-refractivity contribution < 1.29 is 0 Å². The number of hydrogen-bond acceptors (Lipinski definition) is 0. The van der Waals surface area contributed by atoms with Gasteiger partial charge in [-0.2, -0.15) is 0 Å². The minimum Gasteiger partial charge on any atom is -0.0622 e. The zero-order valence-corrected chi connectivity index (χ0v) is 17.2. The average molecular weight is 464 g/mol. The van der Waals surface area contributed by atoms with Crippen LogP contribution in [0.1, 0.15) is 0 Å². The molecule has 0 unspecified atom stereocenters. The molecule has 4 rings (SSSR count). The third-order valence-electron chi connectivity index (χ3n) is 4.44. The molecule has 0 heterocycles. The van der Waals surface area contributed by atoms with Gasteiger partial charge < -0.3 is 0 Å². The predicted molar refractivity (Wildman–Crippen MR) is 118 cm³/mol. The monoisotopic (exact) mass is 462 g/mol. The molecule has 26 heavy (non-hydrogen) atoms. The molecule has 4 aromatic carbocycles. The van der Waals surface area contributed by atoms with Gasteiger partial charge in [-0.15, -0.1) is 0 Å². The van der Waals surface area contributed by atoms with Gasteiger partial charge in [-0.25, -0.2) is 0 Å². The Morgan fingerprint density at radius 1 is 0.385 bits per heavy atom. The molecular formula is C24H16Br2. The maximum Gasteiger partial charge on any atom is 0.0175 e. The van der Waals surface area contributed by atoms with Crippen molar-refractivity contribution in [3.63, 3.8) is 0 Å². The van der Waals surface area contributed by atoms with Gasteiger partial charge in [-0.3, -0.25) is 0 Å². The Hall–Kier alpha value is -2.16. The summed E-state index contributed by atoms with van der Waals surface area (Å²) < 4.78 is 2.19. The summed E-state index contributed by atoms with van der Waals surface area (Å²) in [5.41, 5.74) is 7.36. The third kappa shape index (κ3) is 3.67. The van der Waals surface area contributed by atoms with Crippen LogP contribution in [0.2, 0.25) is 0 Å². The van der Waals surface area contributed by atoms with E-state index in [0.717, 1.165) is 8.95 Å². The van der Waals surface area contributed by atoms with Crippen LogP contribution in [0.4, 0.5) is 0 Å². The first-order valence-corrected chi connectivity index (χ1v) is 10.0. The highest BCUT2D eigenvalue weighted by atomic mass is 79.9. The molecule has 0 aliphatic heterocycles. The fourth-order valence-corrected chi connectivity index (χ4v) is 3.63. The molecule has 0 atom stereocenters. The van der Waals surface area contributed by atoms with Crippen molar-refractivity contribution in [3.05, 3.63) is 106 Å². The first-order chi connectivity index (χ1) is 12.7. The molecule has 0 fully saturated rings. The highest BCUT2D eigenvalue weighted by molar-refractivity contribution is 9.10. The first kappa shape index (κ1) is 17.3. The van der Waals surface area contributed by atoms with Crippen molar-refractivity contribution in [1.82, 2.24) is 0 Å². The van der Waals surface area contributed by atoms with E-state index in [1.54, 1.807) is 0 Å². The summed E-state index contributed by atoms with van der Waals surface area (Å²) in [6, 6.07) is 34.2. The molecule has 0 aromatic heterocycles. The normalized spacial score (nSPS) is 10.7. The van der Waals surface area contributed by atoms with Crippen LogP contribution in [-0.2, 0) is 0 Å². The van der Waals surface area contributed by atoms with Gasteiger partial charge in [-0.1, -0.05) is 98.6 Å². The summed E-state index contributed by atoms with van der Waals surface area (Å²) in [4.78, 5) is 0. The summed E-state index contributed by atoms with van der Waals surface area (Å²) in [6.07, 6.45) is 0. The maximum atomic E-state index is 3.53. The fourth-order valence-electron chi connectivity index (χ4n) is 3.10. The topological polar surface area (TPSA) is 0 Å². The zero-order chi connectivity index (χ0) is 17.9. The molecule has 4 aromatic rings. The van der Waals surface area contributed by atoms with Gasteiger partial charge in [0.25, 0.3) is 0 Å². The van der Waals surface area contributed by atoms with Crippen LogP contribution < -0.4 is 0 Å². The van der Waals surface area contributed by atoms with Gasteiger partial charge in [0.05, 0.1) is 0 Å². The van der Waals surface area contributed by atoms with Crippen molar-refractivity contribution in [3.8, 4) is 33.4 Å². The Morgan fingerprint density at radius 3 is 1.50 bits per heavy atom. The summed E-state index contributed by atoms with van der Waals surface area (Å²) in [6.45, 7) is 0. The second-order valence-corrected chi connectivity index (χ2v) is 7.97. The summed E-state index contributed by atoms with van der Waals surface area (Å²) in [5, 5.41) is 0. The van der Waals surface area contributed by atoms with E-state index < -0.39 is 0 Å². The van der Waals surface area contributed by atoms with Crippen LogP contribution in [0.25, 0.3) is 33.4 Å². The molecular weight excluding hydrogens is 448 g/mol. The number of halogens is 2. The fraction of sp³-hybridized carbons (Fsp3) is 0. The van der Waals surface area contributed by atoms with E-state index in [1.807, 2.05) is 0 Å². The van der Waals surface area contributed by atoms with Crippen LogP contribution in [-0.4, -0.2) is 0 Å². The SMILES string of the molecule is Brc1ccc(-c2ccc(-c3ccc(Br)cc3)c(-c3ccccc3)c2)cc1. The van der Waals surface area contributed by atoms with Gasteiger partial charge in [0.15, 0.2) is 0 Å². The average Bonchev–Trinajstić information content (AvgIpc) is 2.69. The number of hydrogen-bond donors (Lipinski definition) is 0. The molecule has 0 spiro atoms. The smallest absolute Gasteiger partial charge is 0.0175 e. The lowest BCUT2D eigenvalue weighted by atomic mass is 9.91. The number of rotatable bonds is 3. The van der Waals surface area contributed by atoms with Crippen LogP contribution in [0.3, 0.4) is 0 Å². The third-order valence-corrected chi connectivity index (χ3v) is 5.49. The van der Waals surface area contributed by atoms with Crippen molar-refractivity contribution in [2.75, 3.05) is 0 Å². The lowest BCUT2D eigenvalue weighted by Gasteiger charge is -2.13. The highest BCUT2D eigenvalue weighted by Gasteiger charge is 2.10. The molecule has 126 valence electrons. The quantitative estimate of drug-likeness (QED) is 0.287. The first-order valence-electron chi connectivity index (χ1n) is 8.42. The molecule has 0 saturated carbocycles. The van der Waals surface area contributed by atoms with Crippen molar-refractivity contribution in [2.45, 2.75) is 0 Å². The number of benzene rings is 4. The van der Waals surface area contributed by atoms with Crippen LogP contribution in [0.5, 0.6) is 0 Å². The van der Waals surface area contributed by atoms with Crippen LogP contribution in [0.15, 0.2) is 106 Å². The van der Waals surface area contributed by atoms with Gasteiger partial charge >= 0.3 is 0 Å². The van der Waals surface area contributed by atoms with Gasteiger partial charge in [0.2, 0.25) is 0 Å². The zero-order valence-electron chi connectivity index (χ0n) is 14.0. The summed E-state index contributed by atoms with van der Waals surface area (Å²) >= 11 is 7.04. The Labute approximate surface area is 170 Å². The molecule has 0 aliphatic carbocycles. The van der Waals surface area contributed by atoms with Crippen molar-refractivity contribution >= 4 is 31.9 Å². The summed E-state index contributed by atoms with van der Waals surface area (Å²) in [7, 11) is 0. The Balaban J connectivity index is 1.89. The minimum atomic E-state index is 1.09. The molecule has 0 nitrogen and oxygen atoms in total. The molecule has 0 aliphatic rings. The lowest BCUT2D eigenvalue weighted by molar-refractivity contribution is 1.55. The molecule has 0 N–H and O–H groups in total. The standard InChI is InChI=1S/C24H16Br2/c25-21-11-6-17(7-12-21)20-10-15-23(19-8-13-22(26)14-9-19)24(16-20)18-4-2-1-3-5-18/h1-16H. The van der Waals surface area contributed by atoms with E-state index in [-0.39, 0.29) is 0 Å². The molecule has 2 heteroatoms. The van der Waals surface area contributed by atoms with Crippen LogP contribution >= 0.6 is 31.9 Å². The molecule has 0 saturated heterocycles. The molecule has 0 bridgehead atoms. The second-order valence-electron chi connectivity index (χ2n) is 6.14. The van der Waals surface area contributed by atoms with E-state index >= 15 is 0 Å². The summed E-state index contributed by atoms with van der Waals surface area (Å²) in [5.74, 6) is 0. The van der Waals surface area contributed by atoms with Crippen LogP contribution in [0, 0.1) is 0 Å². The van der Waals surface area contributed by atoms with E-state index in [4.69, 9.17) is 0 Å². The van der Waals surface area contributed by atoms with E-state index in [0.29, 0.717) is 0 Å². The largest absolute Gasteiger partial charge is 0.0622 e. The Kier molecular flexibility index (Phi) is 5.05. The molecule has 0 radical (unpaired) electrons. The molecule has 0 amide bonds. The predicted octanol–water partition coefficient (Wildman–Crippen LogP) is 8.21. The van der Waals surface area contributed by atoms with E-state index in [9.17, 15) is 0 Å². The highest BCUT2D eigenvalue weighted by Crippen LogP contribution is 2.36. The Bertz CT molecular complexity index is 1020. The minimum absolute atomic E-state index is 1.09.